The Bertz CT molecular complexity index is 573. The molecule has 0 saturated carbocycles. The number of benzene rings is 1. The molecular weight excluding hydrogens is 267 g/mol. The van der Waals surface area contributed by atoms with E-state index in [-0.39, 0.29) is 23.7 Å². The van der Waals surface area contributed by atoms with Gasteiger partial charge in [0.2, 0.25) is 11.8 Å². The second-order valence-electron chi connectivity index (χ2n) is 4.46. The van der Waals surface area contributed by atoms with E-state index in [0.29, 0.717) is 19.4 Å². The number of carboxylic acid groups (broad SMARTS) is 1. The molecule has 0 aromatic heterocycles. The fourth-order valence-electron chi connectivity index (χ4n) is 2.04. The molecule has 1 heterocycles. The molecule has 1 aromatic rings. The maximum atomic E-state index is 13.0. The number of halogens is 1. The molecule has 1 aliphatic heterocycles. The van der Waals surface area contributed by atoms with E-state index in [0.717, 1.165) is 12.1 Å². The van der Waals surface area contributed by atoms with Crippen LogP contribution in [0.3, 0.4) is 0 Å². The lowest BCUT2D eigenvalue weighted by Crippen LogP contribution is -2.34. The van der Waals surface area contributed by atoms with Gasteiger partial charge < -0.3 is 15.3 Å². The summed E-state index contributed by atoms with van der Waals surface area (Å²) in [7, 11) is 0. The van der Waals surface area contributed by atoms with E-state index < -0.39 is 17.7 Å². The molecule has 106 valence electrons. The Morgan fingerprint density at radius 1 is 1.40 bits per heavy atom. The predicted molar refractivity (Wildman–Crippen MR) is 67.8 cm³/mol. The minimum Gasteiger partial charge on any atom is -0.478 e. The Hall–Kier alpha value is -2.44. The molecule has 2 amide bonds. The van der Waals surface area contributed by atoms with Gasteiger partial charge in [0.1, 0.15) is 5.82 Å². The van der Waals surface area contributed by atoms with Crippen molar-refractivity contribution >= 4 is 23.5 Å². The summed E-state index contributed by atoms with van der Waals surface area (Å²) in [6.45, 7) is 0.386. The lowest BCUT2D eigenvalue weighted by atomic mass is 10.1. The zero-order valence-electron chi connectivity index (χ0n) is 10.6. The second-order valence-corrected chi connectivity index (χ2v) is 4.46. The SMILES string of the molecule is O=C(CN1CCCC1=O)Nc1ccc(F)cc1C(=O)O. The molecule has 0 bridgehead atoms. The molecule has 0 radical (unpaired) electrons. The summed E-state index contributed by atoms with van der Waals surface area (Å²) < 4.78 is 13.0. The number of amides is 2. The summed E-state index contributed by atoms with van der Waals surface area (Å²) in [6, 6.07) is 3.07. The van der Waals surface area contributed by atoms with Crippen LogP contribution in [-0.4, -0.2) is 40.9 Å². The zero-order chi connectivity index (χ0) is 14.7. The maximum Gasteiger partial charge on any atom is 0.337 e. The van der Waals surface area contributed by atoms with Gasteiger partial charge in [-0.25, -0.2) is 9.18 Å². The smallest absolute Gasteiger partial charge is 0.337 e. The Morgan fingerprint density at radius 2 is 2.15 bits per heavy atom. The molecule has 2 N–H and O–H groups in total. The summed E-state index contributed by atoms with van der Waals surface area (Å²) in [5.41, 5.74) is -0.318. The molecular formula is C13H13FN2O4. The fourth-order valence-corrected chi connectivity index (χ4v) is 2.04. The van der Waals surface area contributed by atoms with Crippen molar-refractivity contribution in [2.45, 2.75) is 12.8 Å². The van der Waals surface area contributed by atoms with Crippen molar-refractivity contribution < 1.29 is 23.9 Å². The minimum atomic E-state index is -1.34. The fraction of sp³-hybridized carbons (Fsp3) is 0.308. The van der Waals surface area contributed by atoms with Crippen LogP contribution < -0.4 is 5.32 Å². The monoisotopic (exact) mass is 280 g/mol. The molecule has 1 aromatic carbocycles. The van der Waals surface area contributed by atoms with Crippen molar-refractivity contribution in [2.24, 2.45) is 0 Å². The summed E-state index contributed by atoms with van der Waals surface area (Å²) in [6.07, 6.45) is 1.13. The first-order valence-electron chi connectivity index (χ1n) is 6.08. The Balaban J connectivity index is 2.07. The number of nitrogens with one attached hydrogen (secondary N) is 1. The van der Waals surface area contributed by atoms with Crippen LogP contribution in [0, 0.1) is 5.82 Å². The maximum absolute atomic E-state index is 13.0. The van der Waals surface area contributed by atoms with Crippen LogP contribution in [0.2, 0.25) is 0 Å². The number of carboxylic acids is 1. The van der Waals surface area contributed by atoms with E-state index in [1.807, 2.05) is 0 Å². The largest absolute Gasteiger partial charge is 0.478 e. The molecule has 0 spiro atoms. The van der Waals surface area contributed by atoms with Crippen LogP contribution in [0.15, 0.2) is 18.2 Å². The number of hydrogen-bond acceptors (Lipinski definition) is 3. The number of hydrogen-bond donors (Lipinski definition) is 2. The van der Waals surface area contributed by atoms with Crippen molar-refractivity contribution in [2.75, 3.05) is 18.4 Å². The molecule has 0 atom stereocenters. The van der Waals surface area contributed by atoms with Crippen molar-refractivity contribution in [3.05, 3.63) is 29.6 Å². The second kappa shape index (κ2) is 5.68. The van der Waals surface area contributed by atoms with Crippen LogP contribution in [0.4, 0.5) is 10.1 Å². The number of anilines is 1. The highest BCUT2D eigenvalue weighted by atomic mass is 19.1. The molecule has 0 unspecified atom stereocenters. The van der Waals surface area contributed by atoms with Gasteiger partial charge in [-0.15, -0.1) is 0 Å². The van der Waals surface area contributed by atoms with Crippen LogP contribution >= 0.6 is 0 Å². The van der Waals surface area contributed by atoms with Gasteiger partial charge >= 0.3 is 5.97 Å². The average Bonchev–Trinajstić information content (AvgIpc) is 2.77. The van der Waals surface area contributed by atoms with Gasteiger partial charge in [0.05, 0.1) is 17.8 Å². The topological polar surface area (TPSA) is 86.7 Å². The van der Waals surface area contributed by atoms with E-state index in [9.17, 15) is 18.8 Å². The van der Waals surface area contributed by atoms with Gasteiger partial charge in [0.15, 0.2) is 0 Å². The highest BCUT2D eigenvalue weighted by molar-refractivity contribution is 6.01. The summed E-state index contributed by atoms with van der Waals surface area (Å²) in [4.78, 5) is 35.5. The highest BCUT2D eigenvalue weighted by Crippen LogP contribution is 2.17. The normalized spacial score (nSPS) is 14.4. The summed E-state index contributed by atoms with van der Waals surface area (Å²) in [5, 5.41) is 11.3. The standard InChI is InChI=1S/C13H13FN2O4/c14-8-3-4-10(9(6-8)13(19)20)15-11(17)7-16-5-1-2-12(16)18/h3-4,6H,1-2,5,7H2,(H,15,17)(H,19,20). The first-order valence-corrected chi connectivity index (χ1v) is 6.08. The van der Waals surface area contributed by atoms with E-state index in [4.69, 9.17) is 5.11 Å². The van der Waals surface area contributed by atoms with Gasteiger partial charge in [-0.1, -0.05) is 0 Å². The summed E-state index contributed by atoms with van der Waals surface area (Å²) in [5.74, 6) is -2.64. The quantitative estimate of drug-likeness (QED) is 0.864. The number of carbonyl (C=O) groups is 3. The van der Waals surface area contributed by atoms with E-state index >= 15 is 0 Å². The number of nitrogens with zero attached hydrogens (tertiary/aromatic N) is 1. The molecule has 1 fully saturated rings. The summed E-state index contributed by atoms with van der Waals surface area (Å²) >= 11 is 0. The molecule has 2 rings (SSSR count). The van der Waals surface area contributed by atoms with Crippen molar-refractivity contribution in [1.29, 1.82) is 0 Å². The van der Waals surface area contributed by atoms with Crippen LogP contribution in [-0.2, 0) is 9.59 Å². The van der Waals surface area contributed by atoms with E-state index in [1.165, 1.54) is 11.0 Å². The molecule has 20 heavy (non-hydrogen) atoms. The lowest BCUT2D eigenvalue weighted by Gasteiger charge is -2.15. The molecule has 6 nitrogen and oxygen atoms in total. The van der Waals surface area contributed by atoms with E-state index in [2.05, 4.69) is 5.32 Å². The van der Waals surface area contributed by atoms with Gasteiger partial charge in [0.25, 0.3) is 0 Å². The lowest BCUT2D eigenvalue weighted by molar-refractivity contribution is -0.131. The van der Waals surface area contributed by atoms with E-state index in [1.54, 1.807) is 0 Å². The minimum absolute atomic E-state index is 0.00976. The number of likely N-dealkylation sites (tertiary alicyclic amines) is 1. The van der Waals surface area contributed by atoms with Crippen molar-refractivity contribution in [1.82, 2.24) is 4.90 Å². The van der Waals surface area contributed by atoms with Gasteiger partial charge in [-0.3, -0.25) is 9.59 Å². The van der Waals surface area contributed by atoms with Crippen LogP contribution in [0.25, 0.3) is 0 Å². The average molecular weight is 280 g/mol. The third kappa shape index (κ3) is 3.11. The number of aromatic carboxylic acids is 1. The predicted octanol–water partition coefficient (Wildman–Crippen LogP) is 1.08. The third-order valence-corrected chi connectivity index (χ3v) is 2.99. The van der Waals surface area contributed by atoms with Crippen molar-refractivity contribution in [3.63, 3.8) is 0 Å². The third-order valence-electron chi connectivity index (χ3n) is 2.99. The Morgan fingerprint density at radius 3 is 2.75 bits per heavy atom. The highest BCUT2D eigenvalue weighted by Gasteiger charge is 2.23. The molecule has 1 aliphatic rings. The van der Waals surface area contributed by atoms with Gasteiger partial charge in [-0.05, 0) is 24.6 Å². The zero-order valence-corrected chi connectivity index (χ0v) is 10.6. The van der Waals surface area contributed by atoms with Crippen molar-refractivity contribution in [3.8, 4) is 0 Å². The Kier molecular flexibility index (Phi) is 3.97. The first-order chi connectivity index (χ1) is 9.47. The van der Waals surface area contributed by atoms with Gasteiger partial charge in [-0.2, -0.15) is 0 Å². The van der Waals surface area contributed by atoms with Gasteiger partial charge in [0, 0.05) is 13.0 Å². The first kappa shape index (κ1) is 14.0. The number of rotatable bonds is 4. The Labute approximate surface area is 114 Å². The van der Waals surface area contributed by atoms with Crippen LogP contribution in [0.1, 0.15) is 23.2 Å². The molecule has 0 aliphatic carbocycles. The molecule has 1 saturated heterocycles. The number of carbonyl (C=O) groups excluding carboxylic acids is 2. The van der Waals surface area contributed by atoms with Crippen LogP contribution in [0.5, 0.6) is 0 Å². The molecule has 7 heteroatoms.